The maximum absolute atomic E-state index is 13.2. The molecule has 3 aromatic rings. The Morgan fingerprint density at radius 1 is 0.906 bits per heavy atom. The van der Waals surface area contributed by atoms with Crippen molar-refractivity contribution < 1.29 is 13.9 Å². The molecule has 0 aliphatic carbocycles. The minimum Gasteiger partial charge on any atom is -0.483 e. The van der Waals surface area contributed by atoms with Crippen LogP contribution in [0, 0.1) is 5.82 Å². The molecule has 5 heteroatoms. The molecular formula is C27H29FN2O2. The van der Waals surface area contributed by atoms with Crippen LogP contribution in [0.2, 0.25) is 0 Å². The number of amides is 1. The number of ether oxygens (including phenoxy) is 1. The van der Waals surface area contributed by atoms with Crippen molar-refractivity contribution in [2.24, 2.45) is 0 Å². The van der Waals surface area contributed by atoms with Crippen LogP contribution in [0.5, 0.6) is 5.75 Å². The highest BCUT2D eigenvalue weighted by Crippen LogP contribution is 2.29. The Labute approximate surface area is 189 Å². The molecule has 2 atom stereocenters. The summed E-state index contributed by atoms with van der Waals surface area (Å²) in [5.41, 5.74) is 3.12. The Morgan fingerprint density at radius 2 is 1.59 bits per heavy atom. The Hall–Kier alpha value is -3.18. The fraction of sp³-hybridized carbons (Fsp3) is 0.296. The van der Waals surface area contributed by atoms with Crippen LogP contribution in [-0.4, -0.2) is 47.5 Å². The summed E-state index contributed by atoms with van der Waals surface area (Å²) in [5.74, 6) is 0.482. The van der Waals surface area contributed by atoms with E-state index >= 15 is 0 Å². The highest BCUT2D eigenvalue weighted by molar-refractivity contribution is 5.79. The molecule has 166 valence electrons. The predicted octanol–water partition coefficient (Wildman–Crippen LogP) is 4.99. The number of rotatable bonds is 6. The zero-order valence-corrected chi connectivity index (χ0v) is 18.6. The van der Waals surface area contributed by atoms with Gasteiger partial charge in [-0.2, -0.15) is 0 Å². The molecule has 1 amide bonds. The second kappa shape index (κ2) is 9.96. The molecule has 0 radical (unpaired) electrons. The van der Waals surface area contributed by atoms with Gasteiger partial charge in [0.1, 0.15) is 11.6 Å². The quantitative estimate of drug-likeness (QED) is 0.550. The number of piperazine rings is 1. The van der Waals surface area contributed by atoms with Crippen LogP contribution in [-0.2, 0) is 11.3 Å². The molecule has 0 aromatic heterocycles. The van der Waals surface area contributed by atoms with Crippen molar-refractivity contribution in [1.82, 2.24) is 9.80 Å². The summed E-state index contributed by atoms with van der Waals surface area (Å²) in [7, 11) is 0. The van der Waals surface area contributed by atoms with Gasteiger partial charge in [-0.3, -0.25) is 9.69 Å². The van der Waals surface area contributed by atoms with E-state index in [1.165, 1.54) is 12.1 Å². The lowest BCUT2D eigenvalue weighted by Gasteiger charge is -2.44. The van der Waals surface area contributed by atoms with Gasteiger partial charge < -0.3 is 9.64 Å². The molecule has 0 bridgehead atoms. The summed E-state index contributed by atoms with van der Waals surface area (Å²) in [5, 5.41) is 0. The van der Waals surface area contributed by atoms with Gasteiger partial charge in [-0.25, -0.2) is 4.39 Å². The highest BCUT2D eigenvalue weighted by Gasteiger charge is 2.32. The minimum absolute atomic E-state index is 0.00588. The van der Waals surface area contributed by atoms with Gasteiger partial charge in [0.25, 0.3) is 5.91 Å². The second-order valence-electron chi connectivity index (χ2n) is 8.45. The maximum Gasteiger partial charge on any atom is 0.260 e. The molecule has 1 aliphatic rings. The van der Waals surface area contributed by atoms with Crippen LogP contribution >= 0.6 is 0 Å². The van der Waals surface area contributed by atoms with Crippen LogP contribution < -0.4 is 4.74 Å². The smallest absolute Gasteiger partial charge is 0.260 e. The molecule has 0 saturated carbocycles. The Kier molecular flexibility index (Phi) is 6.86. The average molecular weight is 433 g/mol. The molecule has 32 heavy (non-hydrogen) atoms. The summed E-state index contributed by atoms with van der Waals surface area (Å²) in [6.45, 7) is 6.37. The van der Waals surface area contributed by atoms with E-state index < -0.39 is 0 Å². The van der Waals surface area contributed by atoms with E-state index in [2.05, 4.69) is 18.7 Å². The van der Waals surface area contributed by atoms with Crippen LogP contribution in [0.25, 0.3) is 11.1 Å². The van der Waals surface area contributed by atoms with E-state index in [0.29, 0.717) is 12.3 Å². The third-order valence-electron chi connectivity index (χ3n) is 6.06. The summed E-state index contributed by atoms with van der Waals surface area (Å²) < 4.78 is 19.2. The Bertz CT molecular complexity index is 1040. The van der Waals surface area contributed by atoms with Crippen molar-refractivity contribution in [3.63, 3.8) is 0 Å². The molecule has 0 spiro atoms. The zero-order valence-electron chi connectivity index (χ0n) is 18.6. The third-order valence-corrected chi connectivity index (χ3v) is 6.06. The summed E-state index contributed by atoms with van der Waals surface area (Å²) in [6.07, 6.45) is 0. The summed E-state index contributed by atoms with van der Waals surface area (Å²) in [6, 6.07) is 24.8. The molecule has 1 fully saturated rings. The third kappa shape index (κ3) is 5.17. The van der Waals surface area contributed by atoms with Crippen molar-refractivity contribution >= 4 is 5.91 Å². The van der Waals surface area contributed by atoms with Crippen molar-refractivity contribution in [3.8, 4) is 16.9 Å². The Morgan fingerprint density at radius 3 is 2.34 bits per heavy atom. The van der Waals surface area contributed by atoms with Crippen molar-refractivity contribution in [3.05, 3.63) is 90.2 Å². The van der Waals surface area contributed by atoms with Gasteiger partial charge >= 0.3 is 0 Å². The predicted molar refractivity (Wildman–Crippen MR) is 125 cm³/mol. The number of benzene rings is 3. The van der Waals surface area contributed by atoms with Gasteiger partial charge in [0.05, 0.1) is 0 Å². The monoisotopic (exact) mass is 432 g/mol. The lowest BCUT2D eigenvalue weighted by atomic mass is 10.0. The number of hydrogen-bond acceptors (Lipinski definition) is 3. The molecule has 1 heterocycles. The SMILES string of the molecule is CC1CN(C(=O)COc2ccccc2-c2ccccc2)C(C)CN1Cc1ccc(F)cc1. The van der Waals surface area contributed by atoms with Crippen LogP contribution in [0.4, 0.5) is 4.39 Å². The maximum atomic E-state index is 13.2. The van der Waals surface area contributed by atoms with E-state index in [9.17, 15) is 9.18 Å². The number of para-hydroxylation sites is 1. The van der Waals surface area contributed by atoms with E-state index in [0.717, 1.165) is 29.8 Å². The molecule has 1 saturated heterocycles. The van der Waals surface area contributed by atoms with Gasteiger partial charge in [-0.05, 0) is 43.2 Å². The summed E-state index contributed by atoms with van der Waals surface area (Å²) >= 11 is 0. The molecular weight excluding hydrogens is 403 g/mol. The van der Waals surface area contributed by atoms with Gasteiger partial charge in [0.2, 0.25) is 0 Å². The molecule has 0 N–H and O–H groups in total. The van der Waals surface area contributed by atoms with E-state index in [-0.39, 0.29) is 30.4 Å². The molecule has 3 aromatic carbocycles. The topological polar surface area (TPSA) is 32.8 Å². The van der Waals surface area contributed by atoms with Crippen molar-refractivity contribution in [1.29, 1.82) is 0 Å². The van der Waals surface area contributed by atoms with E-state index in [1.54, 1.807) is 0 Å². The first-order valence-corrected chi connectivity index (χ1v) is 11.1. The largest absolute Gasteiger partial charge is 0.483 e. The lowest BCUT2D eigenvalue weighted by Crippen LogP contribution is -2.58. The van der Waals surface area contributed by atoms with Crippen LogP contribution in [0.15, 0.2) is 78.9 Å². The van der Waals surface area contributed by atoms with Gasteiger partial charge in [0.15, 0.2) is 6.61 Å². The van der Waals surface area contributed by atoms with Crippen molar-refractivity contribution in [2.75, 3.05) is 19.7 Å². The number of nitrogens with zero attached hydrogens (tertiary/aromatic N) is 2. The van der Waals surface area contributed by atoms with E-state index in [4.69, 9.17) is 4.74 Å². The molecule has 2 unspecified atom stereocenters. The molecule has 1 aliphatic heterocycles. The fourth-order valence-corrected chi connectivity index (χ4v) is 4.26. The second-order valence-corrected chi connectivity index (χ2v) is 8.45. The number of halogens is 1. The van der Waals surface area contributed by atoms with Gasteiger partial charge in [0, 0.05) is 37.3 Å². The van der Waals surface area contributed by atoms with Crippen LogP contribution in [0.3, 0.4) is 0 Å². The average Bonchev–Trinajstić information content (AvgIpc) is 2.82. The van der Waals surface area contributed by atoms with Crippen LogP contribution in [0.1, 0.15) is 19.4 Å². The summed E-state index contributed by atoms with van der Waals surface area (Å²) in [4.78, 5) is 17.3. The Balaban J connectivity index is 1.37. The molecule has 4 nitrogen and oxygen atoms in total. The molecule has 4 rings (SSSR count). The first kappa shape index (κ1) is 22.0. The van der Waals surface area contributed by atoms with Crippen molar-refractivity contribution in [2.45, 2.75) is 32.5 Å². The first-order valence-electron chi connectivity index (χ1n) is 11.1. The fourth-order valence-electron chi connectivity index (χ4n) is 4.26. The lowest BCUT2D eigenvalue weighted by molar-refractivity contribution is -0.139. The standard InChI is InChI=1S/C27H29FN2O2/c1-20-17-30(21(2)16-29(20)18-22-12-14-24(28)15-13-22)27(31)19-32-26-11-7-6-10-25(26)23-8-4-3-5-9-23/h3-15,20-21H,16-19H2,1-2H3. The number of carbonyl (C=O) groups is 1. The van der Waals surface area contributed by atoms with Gasteiger partial charge in [-0.1, -0.05) is 60.7 Å². The normalized spacial score (nSPS) is 19.0. The number of hydrogen-bond donors (Lipinski definition) is 0. The van der Waals surface area contributed by atoms with E-state index in [1.807, 2.05) is 71.6 Å². The number of carbonyl (C=O) groups excluding carboxylic acids is 1. The first-order chi connectivity index (χ1) is 15.5. The highest BCUT2D eigenvalue weighted by atomic mass is 19.1. The minimum atomic E-state index is -0.223. The zero-order chi connectivity index (χ0) is 22.5. The van der Waals surface area contributed by atoms with Gasteiger partial charge in [-0.15, -0.1) is 0 Å².